The summed E-state index contributed by atoms with van der Waals surface area (Å²) in [6.45, 7) is 8.55. The molecule has 0 aromatic carbocycles. The summed E-state index contributed by atoms with van der Waals surface area (Å²) >= 11 is 0. The lowest BCUT2D eigenvalue weighted by atomic mass is 9.77. The van der Waals surface area contributed by atoms with Crippen molar-refractivity contribution in [1.29, 1.82) is 0 Å². The van der Waals surface area contributed by atoms with E-state index in [1.54, 1.807) is 0 Å². The van der Waals surface area contributed by atoms with Gasteiger partial charge in [0.2, 0.25) is 5.91 Å². The lowest BCUT2D eigenvalue weighted by Crippen LogP contribution is -2.52. The molecule has 5 unspecified atom stereocenters. The molecule has 3 heteroatoms. The molecule has 2 fully saturated rings. The van der Waals surface area contributed by atoms with E-state index in [1.807, 2.05) is 0 Å². The van der Waals surface area contributed by atoms with Gasteiger partial charge in [0, 0.05) is 19.1 Å². The Morgan fingerprint density at radius 2 is 1.72 bits per heavy atom. The van der Waals surface area contributed by atoms with Crippen molar-refractivity contribution in [2.24, 2.45) is 29.4 Å². The molecule has 18 heavy (non-hydrogen) atoms. The molecule has 1 saturated heterocycles. The number of rotatable bonds is 1. The fourth-order valence-corrected chi connectivity index (χ4v) is 3.81. The van der Waals surface area contributed by atoms with E-state index in [-0.39, 0.29) is 12.0 Å². The number of likely N-dealkylation sites (tertiary alicyclic amines) is 1. The lowest BCUT2D eigenvalue weighted by Gasteiger charge is -2.40. The van der Waals surface area contributed by atoms with E-state index in [9.17, 15) is 4.79 Å². The Labute approximate surface area is 111 Å². The summed E-state index contributed by atoms with van der Waals surface area (Å²) in [6, 6.07) is 0.0683. The average molecular weight is 252 g/mol. The second-order valence-corrected chi connectivity index (χ2v) is 6.78. The van der Waals surface area contributed by atoms with Crippen molar-refractivity contribution in [3.8, 4) is 0 Å². The van der Waals surface area contributed by atoms with Gasteiger partial charge in [0.05, 0.1) is 5.92 Å². The van der Waals surface area contributed by atoms with E-state index in [0.29, 0.717) is 23.7 Å². The monoisotopic (exact) mass is 252 g/mol. The summed E-state index contributed by atoms with van der Waals surface area (Å²) in [7, 11) is 0. The van der Waals surface area contributed by atoms with Gasteiger partial charge < -0.3 is 10.6 Å². The van der Waals surface area contributed by atoms with Crippen molar-refractivity contribution < 1.29 is 4.79 Å². The minimum Gasteiger partial charge on any atom is -0.342 e. The van der Waals surface area contributed by atoms with Crippen LogP contribution in [0.3, 0.4) is 0 Å². The molecule has 104 valence electrons. The number of carbonyl (C=O) groups excluding carboxylic acids is 1. The normalized spacial score (nSPS) is 41.8. The molecule has 0 bridgehead atoms. The first kappa shape index (κ1) is 13.9. The van der Waals surface area contributed by atoms with Gasteiger partial charge in [-0.15, -0.1) is 0 Å². The van der Waals surface area contributed by atoms with Crippen molar-refractivity contribution in [2.75, 3.05) is 13.1 Å². The second-order valence-electron chi connectivity index (χ2n) is 6.78. The number of hydrogen-bond acceptors (Lipinski definition) is 2. The standard InChI is InChI=1S/C15H28N2O/c1-10-7-11(2)9-17(8-10)15(18)13-6-4-5-12(3)14(13)16/h10-14H,4-9,16H2,1-3H3. The Kier molecular flexibility index (Phi) is 4.31. The summed E-state index contributed by atoms with van der Waals surface area (Å²) in [5, 5.41) is 0. The Balaban J connectivity index is 2.01. The summed E-state index contributed by atoms with van der Waals surface area (Å²) < 4.78 is 0. The third-order valence-corrected chi connectivity index (χ3v) is 4.79. The average Bonchev–Trinajstić information content (AvgIpc) is 2.30. The number of nitrogens with two attached hydrogens (primary N) is 1. The zero-order chi connectivity index (χ0) is 13.3. The highest BCUT2D eigenvalue weighted by atomic mass is 16.2. The van der Waals surface area contributed by atoms with Crippen LogP contribution in [0, 0.1) is 23.7 Å². The quantitative estimate of drug-likeness (QED) is 0.778. The van der Waals surface area contributed by atoms with Crippen molar-refractivity contribution >= 4 is 5.91 Å². The summed E-state index contributed by atoms with van der Waals surface area (Å²) in [5.41, 5.74) is 6.25. The summed E-state index contributed by atoms with van der Waals surface area (Å²) in [6.07, 6.45) is 4.57. The molecule has 3 nitrogen and oxygen atoms in total. The Bertz CT molecular complexity index is 295. The molecular weight excluding hydrogens is 224 g/mol. The molecule has 1 aliphatic heterocycles. The highest BCUT2D eigenvalue weighted by Crippen LogP contribution is 2.31. The highest BCUT2D eigenvalue weighted by Gasteiger charge is 2.37. The molecule has 0 spiro atoms. The van der Waals surface area contributed by atoms with E-state index in [2.05, 4.69) is 25.7 Å². The molecule has 0 aromatic heterocycles. The molecule has 0 radical (unpaired) electrons. The van der Waals surface area contributed by atoms with E-state index in [4.69, 9.17) is 5.73 Å². The SMILES string of the molecule is CC1CC(C)CN(C(=O)C2CCCC(C)C2N)C1. The highest BCUT2D eigenvalue weighted by molar-refractivity contribution is 5.79. The van der Waals surface area contributed by atoms with Gasteiger partial charge in [0.15, 0.2) is 0 Å². The molecule has 1 saturated carbocycles. The van der Waals surface area contributed by atoms with Gasteiger partial charge >= 0.3 is 0 Å². The zero-order valence-corrected chi connectivity index (χ0v) is 12.1. The molecule has 1 heterocycles. The van der Waals surface area contributed by atoms with Crippen LogP contribution >= 0.6 is 0 Å². The van der Waals surface area contributed by atoms with E-state index in [0.717, 1.165) is 25.9 Å². The van der Waals surface area contributed by atoms with Gasteiger partial charge in [-0.25, -0.2) is 0 Å². The maximum atomic E-state index is 12.6. The van der Waals surface area contributed by atoms with Crippen LogP contribution in [0.2, 0.25) is 0 Å². The lowest BCUT2D eigenvalue weighted by molar-refractivity contribution is -0.140. The van der Waals surface area contributed by atoms with Crippen LogP contribution in [-0.2, 0) is 4.79 Å². The van der Waals surface area contributed by atoms with Crippen molar-refractivity contribution in [3.05, 3.63) is 0 Å². The Hall–Kier alpha value is -0.570. The van der Waals surface area contributed by atoms with Gasteiger partial charge in [-0.2, -0.15) is 0 Å². The van der Waals surface area contributed by atoms with Gasteiger partial charge in [0.25, 0.3) is 0 Å². The van der Waals surface area contributed by atoms with Gasteiger partial charge in [-0.1, -0.05) is 27.2 Å². The summed E-state index contributed by atoms with van der Waals surface area (Å²) in [5.74, 6) is 2.16. The topological polar surface area (TPSA) is 46.3 Å². The number of piperidine rings is 1. The molecule has 5 atom stereocenters. The van der Waals surface area contributed by atoms with Crippen molar-refractivity contribution in [2.45, 2.75) is 52.5 Å². The van der Waals surface area contributed by atoms with Crippen LogP contribution in [0.25, 0.3) is 0 Å². The molecule has 1 aliphatic carbocycles. The minimum absolute atomic E-state index is 0.0683. The molecule has 0 aromatic rings. The zero-order valence-electron chi connectivity index (χ0n) is 12.1. The third kappa shape index (κ3) is 2.87. The fraction of sp³-hybridized carbons (Fsp3) is 0.933. The van der Waals surface area contributed by atoms with Crippen LogP contribution < -0.4 is 5.73 Å². The maximum Gasteiger partial charge on any atom is 0.227 e. The number of amides is 1. The molecule has 2 rings (SSSR count). The van der Waals surface area contributed by atoms with Crippen molar-refractivity contribution in [3.63, 3.8) is 0 Å². The predicted molar refractivity (Wildman–Crippen MR) is 74.0 cm³/mol. The minimum atomic E-state index is 0.0683. The number of hydrogen-bond donors (Lipinski definition) is 1. The number of nitrogens with zero attached hydrogens (tertiary/aromatic N) is 1. The number of carbonyl (C=O) groups is 1. The first-order chi connectivity index (χ1) is 8.49. The van der Waals surface area contributed by atoms with Crippen molar-refractivity contribution in [1.82, 2.24) is 4.90 Å². The van der Waals surface area contributed by atoms with Crippen LogP contribution in [-0.4, -0.2) is 29.9 Å². The van der Waals surface area contributed by atoms with Gasteiger partial charge in [0.1, 0.15) is 0 Å². The van der Waals surface area contributed by atoms with Crippen LogP contribution in [0.4, 0.5) is 0 Å². The van der Waals surface area contributed by atoms with E-state index >= 15 is 0 Å². The fourth-order valence-electron chi connectivity index (χ4n) is 3.81. The molecular formula is C15H28N2O. The summed E-state index contributed by atoms with van der Waals surface area (Å²) in [4.78, 5) is 14.7. The Morgan fingerprint density at radius 1 is 1.11 bits per heavy atom. The smallest absolute Gasteiger partial charge is 0.227 e. The third-order valence-electron chi connectivity index (χ3n) is 4.79. The Morgan fingerprint density at radius 3 is 2.33 bits per heavy atom. The van der Waals surface area contributed by atoms with Crippen LogP contribution in [0.5, 0.6) is 0 Å². The largest absolute Gasteiger partial charge is 0.342 e. The second kappa shape index (κ2) is 5.60. The molecule has 1 amide bonds. The first-order valence-corrected chi connectivity index (χ1v) is 7.53. The molecule has 2 N–H and O–H groups in total. The predicted octanol–water partition coefficient (Wildman–Crippen LogP) is 2.25. The van der Waals surface area contributed by atoms with Crippen LogP contribution in [0.15, 0.2) is 0 Å². The maximum absolute atomic E-state index is 12.6. The first-order valence-electron chi connectivity index (χ1n) is 7.53. The van der Waals surface area contributed by atoms with Crippen LogP contribution in [0.1, 0.15) is 46.5 Å². The van der Waals surface area contributed by atoms with E-state index < -0.39 is 0 Å². The van der Waals surface area contributed by atoms with Gasteiger partial charge in [-0.05, 0) is 37.0 Å². The molecule has 2 aliphatic rings. The van der Waals surface area contributed by atoms with Gasteiger partial charge in [-0.3, -0.25) is 4.79 Å². The van der Waals surface area contributed by atoms with E-state index in [1.165, 1.54) is 12.8 Å².